The molecule has 3 heterocycles. The Morgan fingerprint density at radius 2 is 1.97 bits per heavy atom. The van der Waals surface area contributed by atoms with Gasteiger partial charge in [0, 0.05) is 50.5 Å². The first-order valence-corrected chi connectivity index (χ1v) is 12.9. The summed E-state index contributed by atoms with van der Waals surface area (Å²) in [6.45, 7) is 2.47. The number of likely N-dealkylation sites (N-methyl/N-ethyl adjacent to an activating group) is 1. The summed E-state index contributed by atoms with van der Waals surface area (Å²) in [5.74, 6) is 0.260. The van der Waals surface area contributed by atoms with Gasteiger partial charge in [0.15, 0.2) is 0 Å². The number of ether oxygens (including phenoxy) is 1. The van der Waals surface area contributed by atoms with Gasteiger partial charge in [-0.1, -0.05) is 54.1 Å². The molecule has 0 spiro atoms. The Morgan fingerprint density at radius 3 is 2.76 bits per heavy atom. The third-order valence-electron chi connectivity index (χ3n) is 6.89. The Morgan fingerprint density at radius 1 is 1.19 bits per heavy atom. The molecule has 0 aliphatic carbocycles. The standard InChI is InChI=1S/C28H30ClN5O3/c1-33(12-9-19-5-3-2-4-6-19)25(35)18-34-17-21-8-7-20(15-23(21)27(34)36)26-24(29)16-30-28(32-26)31-22-10-13-37-14-11-22/h2-8,15-16,22H,9-14,17-18H2,1H3,(H,30,31,32). The quantitative estimate of drug-likeness (QED) is 0.483. The number of carbonyl (C=O) groups is 2. The number of rotatable bonds is 8. The summed E-state index contributed by atoms with van der Waals surface area (Å²) < 4.78 is 5.42. The molecule has 0 atom stereocenters. The summed E-state index contributed by atoms with van der Waals surface area (Å²) in [7, 11) is 1.78. The van der Waals surface area contributed by atoms with Gasteiger partial charge >= 0.3 is 0 Å². The van der Waals surface area contributed by atoms with Crippen LogP contribution in [0.3, 0.4) is 0 Å². The minimum atomic E-state index is -0.160. The van der Waals surface area contributed by atoms with Gasteiger partial charge in [-0.05, 0) is 36.5 Å². The minimum absolute atomic E-state index is 0.0432. The lowest BCUT2D eigenvalue weighted by atomic mass is 10.0. The molecule has 0 unspecified atom stereocenters. The fraction of sp³-hybridized carbons (Fsp3) is 0.357. The van der Waals surface area contributed by atoms with Crippen LogP contribution in [0, 0.1) is 0 Å². The Kier molecular flexibility index (Phi) is 7.67. The number of carbonyl (C=O) groups excluding carboxylic acids is 2. The number of halogens is 1. The maximum Gasteiger partial charge on any atom is 0.254 e. The number of benzene rings is 2. The van der Waals surface area contributed by atoms with Crippen molar-refractivity contribution in [1.82, 2.24) is 19.8 Å². The lowest BCUT2D eigenvalue weighted by molar-refractivity contribution is -0.130. The minimum Gasteiger partial charge on any atom is -0.381 e. The Bertz CT molecular complexity index is 1280. The SMILES string of the molecule is CN(CCc1ccccc1)C(=O)CN1Cc2ccc(-c3nc(NC4CCOCC4)ncc3Cl)cc2C1=O. The second kappa shape index (κ2) is 11.3. The Balaban J connectivity index is 1.25. The molecule has 1 saturated heterocycles. The van der Waals surface area contributed by atoms with E-state index >= 15 is 0 Å². The number of nitrogens with zero attached hydrogens (tertiary/aromatic N) is 4. The van der Waals surface area contributed by atoms with Crippen LogP contribution in [0.25, 0.3) is 11.3 Å². The third-order valence-corrected chi connectivity index (χ3v) is 7.17. The van der Waals surface area contributed by atoms with E-state index in [2.05, 4.69) is 15.3 Å². The second-order valence-corrected chi connectivity index (χ2v) is 9.91. The highest BCUT2D eigenvalue weighted by atomic mass is 35.5. The van der Waals surface area contributed by atoms with E-state index in [0.717, 1.165) is 30.4 Å². The average Bonchev–Trinajstić information content (AvgIpc) is 3.23. The zero-order valence-electron chi connectivity index (χ0n) is 20.8. The monoisotopic (exact) mass is 519 g/mol. The molecule has 1 aromatic heterocycles. The number of hydrogen-bond donors (Lipinski definition) is 1. The van der Waals surface area contributed by atoms with Crippen LogP contribution in [0.4, 0.5) is 5.95 Å². The van der Waals surface area contributed by atoms with E-state index in [4.69, 9.17) is 16.3 Å². The zero-order valence-corrected chi connectivity index (χ0v) is 21.6. The van der Waals surface area contributed by atoms with Gasteiger partial charge in [0.05, 0.1) is 16.9 Å². The number of amides is 2. The van der Waals surface area contributed by atoms with Crippen LogP contribution >= 0.6 is 11.6 Å². The molecule has 1 fully saturated rings. The molecular formula is C28H30ClN5O3. The van der Waals surface area contributed by atoms with Gasteiger partial charge in [0.25, 0.3) is 5.91 Å². The molecule has 37 heavy (non-hydrogen) atoms. The Labute approximate surface area is 221 Å². The number of aromatic nitrogens is 2. The van der Waals surface area contributed by atoms with E-state index in [1.807, 2.05) is 48.5 Å². The van der Waals surface area contributed by atoms with Crippen molar-refractivity contribution in [3.8, 4) is 11.3 Å². The summed E-state index contributed by atoms with van der Waals surface area (Å²) in [6.07, 6.45) is 4.14. The molecule has 0 radical (unpaired) electrons. The summed E-state index contributed by atoms with van der Waals surface area (Å²) in [5, 5.41) is 3.77. The lowest BCUT2D eigenvalue weighted by Crippen LogP contribution is -2.39. The van der Waals surface area contributed by atoms with E-state index in [1.165, 1.54) is 5.56 Å². The number of nitrogens with one attached hydrogen (secondary N) is 1. The normalized spacial score (nSPS) is 15.5. The third kappa shape index (κ3) is 5.92. The van der Waals surface area contributed by atoms with Gasteiger partial charge in [0.2, 0.25) is 11.9 Å². The topological polar surface area (TPSA) is 87.7 Å². The highest BCUT2D eigenvalue weighted by Crippen LogP contribution is 2.31. The predicted molar refractivity (Wildman–Crippen MR) is 142 cm³/mol. The van der Waals surface area contributed by atoms with Crippen molar-refractivity contribution in [2.24, 2.45) is 0 Å². The molecule has 2 aliphatic rings. The summed E-state index contributed by atoms with van der Waals surface area (Å²) in [4.78, 5) is 38.3. The van der Waals surface area contributed by atoms with E-state index in [0.29, 0.717) is 48.5 Å². The van der Waals surface area contributed by atoms with E-state index in [1.54, 1.807) is 23.0 Å². The maximum absolute atomic E-state index is 13.2. The van der Waals surface area contributed by atoms with Gasteiger partial charge in [-0.3, -0.25) is 9.59 Å². The number of fused-ring (bicyclic) bond motifs is 1. The van der Waals surface area contributed by atoms with Crippen molar-refractivity contribution in [2.75, 3.05) is 38.7 Å². The van der Waals surface area contributed by atoms with Crippen molar-refractivity contribution >= 4 is 29.4 Å². The first kappa shape index (κ1) is 25.2. The van der Waals surface area contributed by atoms with E-state index in [9.17, 15) is 9.59 Å². The fourth-order valence-electron chi connectivity index (χ4n) is 4.65. The first-order valence-electron chi connectivity index (χ1n) is 12.5. The molecule has 2 aromatic carbocycles. The van der Waals surface area contributed by atoms with E-state index < -0.39 is 0 Å². The van der Waals surface area contributed by atoms with Crippen LogP contribution in [0.15, 0.2) is 54.7 Å². The smallest absolute Gasteiger partial charge is 0.254 e. The van der Waals surface area contributed by atoms with E-state index in [-0.39, 0.29) is 24.4 Å². The molecule has 9 heteroatoms. The van der Waals surface area contributed by atoms with Crippen molar-refractivity contribution in [1.29, 1.82) is 0 Å². The molecule has 2 aliphatic heterocycles. The predicted octanol–water partition coefficient (Wildman–Crippen LogP) is 4.04. The highest BCUT2D eigenvalue weighted by Gasteiger charge is 2.30. The first-order chi connectivity index (χ1) is 18.0. The lowest BCUT2D eigenvalue weighted by Gasteiger charge is -2.23. The van der Waals surface area contributed by atoms with Gasteiger partial charge in [-0.25, -0.2) is 9.97 Å². The number of hydrogen-bond acceptors (Lipinski definition) is 6. The average molecular weight is 520 g/mol. The Hall–Kier alpha value is -3.49. The molecule has 3 aromatic rings. The second-order valence-electron chi connectivity index (χ2n) is 9.51. The van der Waals surface area contributed by atoms with Crippen LogP contribution < -0.4 is 5.32 Å². The van der Waals surface area contributed by atoms with Gasteiger partial charge in [-0.15, -0.1) is 0 Å². The molecule has 192 valence electrons. The van der Waals surface area contributed by atoms with Crippen molar-refractivity contribution in [2.45, 2.75) is 31.8 Å². The zero-order chi connectivity index (χ0) is 25.8. The van der Waals surface area contributed by atoms with Gasteiger partial charge in [-0.2, -0.15) is 0 Å². The molecular weight excluding hydrogens is 490 g/mol. The van der Waals surface area contributed by atoms with Crippen LogP contribution in [0.2, 0.25) is 5.02 Å². The van der Waals surface area contributed by atoms with Crippen LogP contribution in [-0.4, -0.2) is 71.0 Å². The molecule has 8 nitrogen and oxygen atoms in total. The molecule has 5 rings (SSSR count). The van der Waals surface area contributed by atoms with Crippen LogP contribution in [-0.2, 0) is 22.5 Å². The summed E-state index contributed by atoms with van der Waals surface area (Å²) >= 11 is 6.45. The molecule has 0 bridgehead atoms. The summed E-state index contributed by atoms with van der Waals surface area (Å²) in [6, 6.07) is 15.9. The van der Waals surface area contributed by atoms with Gasteiger partial charge in [0.1, 0.15) is 6.54 Å². The largest absolute Gasteiger partial charge is 0.381 e. The van der Waals surface area contributed by atoms with Crippen molar-refractivity contribution < 1.29 is 14.3 Å². The molecule has 1 N–H and O–H groups in total. The van der Waals surface area contributed by atoms with Crippen molar-refractivity contribution in [3.63, 3.8) is 0 Å². The summed E-state index contributed by atoms with van der Waals surface area (Å²) in [5.41, 5.74) is 3.94. The fourth-order valence-corrected chi connectivity index (χ4v) is 4.85. The molecule has 2 amide bonds. The van der Waals surface area contributed by atoms with Gasteiger partial charge < -0.3 is 19.9 Å². The highest BCUT2D eigenvalue weighted by molar-refractivity contribution is 6.33. The molecule has 0 saturated carbocycles. The number of anilines is 1. The maximum atomic E-state index is 13.2. The van der Waals surface area contributed by atoms with Crippen LogP contribution in [0.5, 0.6) is 0 Å². The van der Waals surface area contributed by atoms with Crippen molar-refractivity contribution in [3.05, 3.63) is 76.4 Å². The van der Waals surface area contributed by atoms with Crippen LogP contribution in [0.1, 0.15) is 34.3 Å².